The molecule has 0 fully saturated rings. The van der Waals surface area contributed by atoms with Crippen molar-refractivity contribution in [2.75, 3.05) is 0 Å². The molecule has 0 atom stereocenters. The first kappa shape index (κ1) is 17.5. The largest absolute Gasteiger partial charge is 0.487 e. The van der Waals surface area contributed by atoms with E-state index in [4.69, 9.17) is 9.72 Å². The maximum Gasteiger partial charge on any atom is 0.145 e. The molecule has 0 bridgehead atoms. The van der Waals surface area contributed by atoms with Crippen LogP contribution in [0.25, 0.3) is 27.5 Å². The van der Waals surface area contributed by atoms with Crippen LogP contribution < -0.4 is 4.74 Å². The molecule has 0 amide bonds. The summed E-state index contributed by atoms with van der Waals surface area (Å²) < 4.78 is 8.51. The first-order valence-corrected chi connectivity index (χ1v) is 9.94. The summed E-state index contributed by atoms with van der Waals surface area (Å²) in [6.45, 7) is 15.4. The molecule has 0 saturated carbocycles. The van der Waals surface area contributed by atoms with Gasteiger partial charge in [0.15, 0.2) is 0 Å². The molecule has 0 saturated heterocycles. The fourth-order valence-corrected chi connectivity index (χ4v) is 4.35. The van der Waals surface area contributed by atoms with Crippen molar-refractivity contribution in [3.8, 4) is 5.75 Å². The Hall–Kier alpha value is -2.62. The van der Waals surface area contributed by atoms with Crippen LogP contribution in [-0.4, -0.2) is 20.0 Å². The number of hydrogen-bond acceptors (Lipinski definition) is 3. The minimum Gasteiger partial charge on any atom is -0.487 e. The smallest absolute Gasteiger partial charge is 0.145 e. The highest BCUT2D eigenvalue weighted by Gasteiger charge is 2.48. The lowest BCUT2D eigenvalue weighted by Crippen LogP contribution is -2.41. The molecule has 4 aromatic rings. The fraction of sp³-hybridized carbons (Fsp3) is 0.417. The van der Waals surface area contributed by atoms with Gasteiger partial charge in [0.2, 0.25) is 0 Å². The lowest BCUT2D eigenvalue weighted by atomic mass is 9.74. The number of aromatic nitrogens is 3. The van der Waals surface area contributed by atoms with Gasteiger partial charge in [-0.05, 0) is 32.0 Å². The van der Waals surface area contributed by atoms with Gasteiger partial charge in [-0.15, -0.1) is 0 Å². The summed E-state index contributed by atoms with van der Waals surface area (Å²) >= 11 is 0. The maximum absolute atomic E-state index is 6.34. The molecule has 0 spiro atoms. The van der Waals surface area contributed by atoms with E-state index in [1.54, 1.807) is 0 Å². The molecule has 0 aliphatic carbocycles. The van der Waals surface area contributed by atoms with Gasteiger partial charge in [0.05, 0.1) is 16.7 Å². The van der Waals surface area contributed by atoms with E-state index < -0.39 is 0 Å². The lowest BCUT2D eigenvalue weighted by molar-refractivity contribution is 0.0713. The molecule has 144 valence electrons. The second-order valence-electron chi connectivity index (χ2n) is 10.1. The first-order chi connectivity index (χ1) is 13.0. The zero-order valence-electron chi connectivity index (χ0n) is 17.7. The molecular formula is C24H27N3O. The predicted octanol–water partition coefficient (Wildman–Crippen LogP) is 5.78. The predicted molar refractivity (Wildman–Crippen MR) is 114 cm³/mol. The number of benzene rings is 1. The monoisotopic (exact) mass is 373 g/mol. The minimum atomic E-state index is -0.241. The molecule has 3 aromatic heterocycles. The molecule has 1 aliphatic heterocycles. The van der Waals surface area contributed by atoms with Crippen molar-refractivity contribution in [1.29, 1.82) is 0 Å². The average molecular weight is 374 g/mol. The summed E-state index contributed by atoms with van der Waals surface area (Å²) in [6.07, 6.45) is 4.01. The van der Waals surface area contributed by atoms with E-state index in [1.807, 2.05) is 6.20 Å². The van der Waals surface area contributed by atoms with Crippen molar-refractivity contribution < 1.29 is 4.74 Å². The molecule has 0 radical (unpaired) electrons. The summed E-state index contributed by atoms with van der Waals surface area (Å²) in [6, 6.07) is 8.60. The van der Waals surface area contributed by atoms with Gasteiger partial charge in [0.25, 0.3) is 0 Å². The Balaban J connectivity index is 1.84. The minimum absolute atomic E-state index is 0.0194. The highest BCUT2D eigenvalue weighted by molar-refractivity contribution is 5.99. The molecule has 4 heterocycles. The number of ether oxygens (including phenoxy) is 1. The van der Waals surface area contributed by atoms with Gasteiger partial charge >= 0.3 is 0 Å². The van der Waals surface area contributed by atoms with Crippen molar-refractivity contribution in [3.63, 3.8) is 0 Å². The number of fused-ring (bicyclic) bond motifs is 6. The van der Waals surface area contributed by atoms with Crippen molar-refractivity contribution in [3.05, 3.63) is 47.9 Å². The Labute approximate surface area is 165 Å². The second-order valence-corrected chi connectivity index (χ2v) is 10.1. The standard InChI is InChI=1S/C24H27N3O/c1-22(2,3)20-14-9-11-27-18-13-19-16(23(4,5)24(6,7)28-19)12-17(18)26-21(27)15(14)8-10-25-20/h8-13H,1-7H3. The number of nitrogens with zero attached hydrogens (tertiary/aromatic N) is 3. The molecule has 5 rings (SSSR count). The highest BCUT2D eigenvalue weighted by atomic mass is 16.5. The van der Waals surface area contributed by atoms with Crippen LogP contribution in [0.15, 0.2) is 36.7 Å². The van der Waals surface area contributed by atoms with Crippen LogP contribution in [0.1, 0.15) is 59.7 Å². The molecule has 4 nitrogen and oxygen atoms in total. The van der Waals surface area contributed by atoms with E-state index in [-0.39, 0.29) is 16.4 Å². The Morgan fingerprint density at radius 1 is 1.00 bits per heavy atom. The Morgan fingerprint density at radius 3 is 2.46 bits per heavy atom. The third kappa shape index (κ3) is 2.12. The highest BCUT2D eigenvalue weighted by Crippen LogP contribution is 2.50. The van der Waals surface area contributed by atoms with Crippen LogP contribution in [0.2, 0.25) is 0 Å². The maximum atomic E-state index is 6.34. The number of hydrogen-bond donors (Lipinski definition) is 0. The summed E-state index contributed by atoms with van der Waals surface area (Å²) in [5.41, 5.74) is 5.07. The molecule has 4 heteroatoms. The van der Waals surface area contributed by atoms with Crippen LogP contribution in [0.3, 0.4) is 0 Å². The Morgan fingerprint density at radius 2 is 1.75 bits per heavy atom. The molecule has 1 aliphatic rings. The third-order valence-electron chi connectivity index (χ3n) is 6.67. The Kier molecular flexibility index (Phi) is 3.15. The molecule has 28 heavy (non-hydrogen) atoms. The van der Waals surface area contributed by atoms with E-state index in [2.05, 4.69) is 88.3 Å². The van der Waals surface area contributed by atoms with Gasteiger partial charge in [-0.25, -0.2) is 4.98 Å². The van der Waals surface area contributed by atoms with E-state index in [0.717, 1.165) is 33.5 Å². The van der Waals surface area contributed by atoms with E-state index >= 15 is 0 Å². The zero-order chi connectivity index (χ0) is 20.1. The van der Waals surface area contributed by atoms with Crippen molar-refractivity contribution >= 4 is 27.5 Å². The van der Waals surface area contributed by atoms with Crippen molar-refractivity contribution in [2.24, 2.45) is 0 Å². The molecular weight excluding hydrogens is 346 g/mol. The van der Waals surface area contributed by atoms with Crippen molar-refractivity contribution in [1.82, 2.24) is 14.4 Å². The normalized spacial score (nSPS) is 18.0. The topological polar surface area (TPSA) is 39.4 Å². The number of imidazole rings is 1. The van der Waals surface area contributed by atoms with Crippen LogP contribution >= 0.6 is 0 Å². The van der Waals surface area contributed by atoms with Crippen LogP contribution in [0.5, 0.6) is 5.75 Å². The van der Waals surface area contributed by atoms with E-state index in [1.165, 1.54) is 10.9 Å². The second kappa shape index (κ2) is 5.05. The van der Waals surface area contributed by atoms with Gasteiger partial charge in [-0.3, -0.25) is 9.38 Å². The number of pyridine rings is 2. The van der Waals surface area contributed by atoms with Gasteiger partial charge in [-0.2, -0.15) is 0 Å². The SMILES string of the molecule is CC(C)(C)c1nccc2c1ccn1c3cc4c(cc3nc21)C(C)(C)C(C)(C)O4. The van der Waals surface area contributed by atoms with Gasteiger partial charge in [0.1, 0.15) is 17.0 Å². The van der Waals surface area contributed by atoms with Gasteiger partial charge in [0, 0.05) is 45.6 Å². The first-order valence-electron chi connectivity index (χ1n) is 9.94. The lowest BCUT2D eigenvalue weighted by Gasteiger charge is -2.33. The van der Waals surface area contributed by atoms with Gasteiger partial charge < -0.3 is 4.74 Å². The summed E-state index contributed by atoms with van der Waals surface area (Å²) in [5.74, 6) is 0.967. The van der Waals surface area contributed by atoms with Crippen molar-refractivity contribution in [2.45, 2.75) is 64.9 Å². The number of rotatable bonds is 0. The zero-order valence-corrected chi connectivity index (χ0v) is 17.7. The summed E-state index contributed by atoms with van der Waals surface area (Å²) in [4.78, 5) is 9.70. The summed E-state index contributed by atoms with van der Waals surface area (Å²) in [7, 11) is 0. The quantitative estimate of drug-likeness (QED) is 0.392. The van der Waals surface area contributed by atoms with E-state index in [0.29, 0.717) is 0 Å². The fourth-order valence-electron chi connectivity index (χ4n) is 4.35. The average Bonchev–Trinajstić information content (AvgIpc) is 3.04. The van der Waals surface area contributed by atoms with Crippen LogP contribution in [0.4, 0.5) is 0 Å². The molecule has 0 N–H and O–H groups in total. The van der Waals surface area contributed by atoms with E-state index in [9.17, 15) is 0 Å². The van der Waals surface area contributed by atoms with Gasteiger partial charge in [-0.1, -0.05) is 34.6 Å². The van der Waals surface area contributed by atoms with Crippen LogP contribution in [-0.2, 0) is 10.8 Å². The molecule has 0 unspecified atom stereocenters. The summed E-state index contributed by atoms with van der Waals surface area (Å²) in [5, 5.41) is 2.31. The van der Waals surface area contributed by atoms with Crippen LogP contribution in [0, 0.1) is 0 Å². The Bertz CT molecular complexity index is 1270. The molecule has 1 aromatic carbocycles. The third-order valence-corrected chi connectivity index (χ3v) is 6.67.